The third-order valence-corrected chi connectivity index (χ3v) is 2.25. The summed E-state index contributed by atoms with van der Waals surface area (Å²) in [5.41, 5.74) is -0.00653. The van der Waals surface area contributed by atoms with E-state index in [1.807, 2.05) is 6.92 Å². The minimum atomic E-state index is -0.00653. The first-order chi connectivity index (χ1) is 5.77. The Morgan fingerprint density at radius 1 is 1.50 bits per heavy atom. The maximum atomic E-state index is 5.63. The van der Waals surface area contributed by atoms with Gasteiger partial charge in [-0.3, -0.25) is 0 Å². The third-order valence-electron chi connectivity index (χ3n) is 2.25. The van der Waals surface area contributed by atoms with Crippen LogP contribution in [0, 0.1) is 0 Å². The summed E-state index contributed by atoms with van der Waals surface area (Å²) in [5.74, 6) is 0. The summed E-state index contributed by atoms with van der Waals surface area (Å²) < 4.78 is 10.8. The standard InChI is InChI=1S/C9H19NO2/c1-3-11-8-12-9(2)5-4-6-10-7-9/h10H,3-8H2,1-2H3. The summed E-state index contributed by atoms with van der Waals surface area (Å²) in [6, 6.07) is 0. The summed E-state index contributed by atoms with van der Waals surface area (Å²) in [6.45, 7) is 7.33. The van der Waals surface area contributed by atoms with Gasteiger partial charge in [-0.2, -0.15) is 0 Å². The van der Waals surface area contributed by atoms with Gasteiger partial charge in [0.15, 0.2) is 0 Å². The molecule has 0 bridgehead atoms. The molecule has 0 saturated carbocycles. The molecule has 0 aromatic carbocycles. The van der Waals surface area contributed by atoms with Gasteiger partial charge in [0.25, 0.3) is 0 Å². The van der Waals surface area contributed by atoms with E-state index in [4.69, 9.17) is 9.47 Å². The van der Waals surface area contributed by atoms with Gasteiger partial charge in [-0.15, -0.1) is 0 Å². The molecule has 0 spiro atoms. The molecule has 1 fully saturated rings. The second-order valence-electron chi connectivity index (χ2n) is 3.49. The summed E-state index contributed by atoms with van der Waals surface area (Å²) in [7, 11) is 0. The molecular weight excluding hydrogens is 154 g/mol. The summed E-state index contributed by atoms with van der Waals surface area (Å²) in [4.78, 5) is 0. The summed E-state index contributed by atoms with van der Waals surface area (Å²) in [5, 5.41) is 3.32. The van der Waals surface area contributed by atoms with Gasteiger partial charge in [0.2, 0.25) is 0 Å². The van der Waals surface area contributed by atoms with E-state index in [0.29, 0.717) is 6.79 Å². The first-order valence-electron chi connectivity index (χ1n) is 4.69. The Labute approximate surface area is 74.4 Å². The molecule has 1 saturated heterocycles. The fraction of sp³-hybridized carbons (Fsp3) is 1.00. The number of hydrogen-bond acceptors (Lipinski definition) is 3. The second kappa shape index (κ2) is 4.80. The van der Waals surface area contributed by atoms with Crippen LogP contribution in [0.3, 0.4) is 0 Å². The van der Waals surface area contributed by atoms with Crippen molar-refractivity contribution in [3.63, 3.8) is 0 Å². The zero-order valence-corrected chi connectivity index (χ0v) is 8.06. The van der Waals surface area contributed by atoms with E-state index >= 15 is 0 Å². The normalized spacial score (nSPS) is 30.5. The SMILES string of the molecule is CCOCOC1(C)CCCNC1. The molecule has 1 N–H and O–H groups in total. The zero-order chi connectivity index (χ0) is 8.86. The van der Waals surface area contributed by atoms with Gasteiger partial charge < -0.3 is 14.8 Å². The van der Waals surface area contributed by atoms with Gasteiger partial charge in [-0.25, -0.2) is 0 Å². The van der Waals surface area contributed by atoms with E-state index in [2.05, 4.69) is 12.2 Å². The average molecular weight is 173 g/mol. The van der Waals surface area contributed by atoms with Crippen molar-refractivity contribution in [1.82, 2.24) is 5.32 Å². The lowest BCUT2D eigenvalue weighted by atomic mass is 9.96. The Morgan fingerprint density at radius 2 is 2.33 bits per heavy atom. The van der Waals surface area contributed by atoms with Crippen molar-refractivity contribution in [2.75, 3.05) is 26.5 Å². The molecule has 1 unspecified atom stereocenters. The van der Waals surface area contributed by atoms with Crippen molar-refractivity contribution in [3.05, 3.63) is 0 Å². The van der Waals surface area contributed by atoms with Gasteiger partial charge in [0.1, 0.15) is 6.79 Å². The molecule has 1 aliphatic heterocycles. The van der Waals surface area contributed by atoms with Gasteiger partial charge in [-0.1, -0.05) is 0 Å². The van der Waals surface area contributed by atoms with Crippen LogP contribution in [-0.4, -0.2) is 32.1 Å². The Morgan fingerprint density at radius 3 is 2.92 bits per heavy atom. The van der Waals surface area contributed by atoms with Gasteiger partial charge >= 0.3 is 0 Å². The van der Waals surface area contributed by atoms with E-state index in [-0.39, 0.29) is 5.60 Å². The zero-order valence-electron chi connectivity index (χ0n) is 8.06. The molecule has 0 aliphatic carbocycles. The van der Waals surface area contributed by atoms with Crippen LogP contribution < -0.4 is 5.32 Å². The molecule has 0 aromatic rings. The fourth-order valence-electron chi connectivity index (χ4n) is 1.42. The first-order valence-corrected chi connectivity index (χ1v) is 4.69. The third kappa shape index (κ3) is 3.09. The highest BCUT2D eigenvalue weighted by Gasteiger charge is 2.27. The van der Waals surface area contributed by atoms with Crippen LogP contribution in [-0.2, 0) is 9.47 Å². The Kier molecular flexibility index (Phi) is 3.98. The summed E-state index contributed by atoms with van der Waals surface area (Å²) >= 11 is 0. The quantitative estimate of drug-likeness (QED) is 0.511. The number of piperidine rings is 1. The first kappa shape index (κ1) is 9.96. The molecule has 0 aromatic heterocycles. The van der Waals surface area contributed by atoms with Crippen LogP contribution in [0.2, 0.25) is 0 Å². The second-order valence-corrected chi connectivity index (χ2v) is 3.49. The van der Waals surface area contributed by atoms with Crippen LogP contribution in [0.4, 0.5) is 0 Å². The molecule has 0 radical (unpaired) electrons. The monoisotopic (exact) mass is 173 g/mol. The number of hydrogen-bond donors (Lipinski definition) is 1. The number of ether oxygens (including phenoxy) is 2. The molecule has 3 nitrogen and oxygen atoms in total. The van der Waals surface area contributed by atoms with E-state index in [0.717, 1.165) is 26.1 Å². The van der Waals surface area contributed by atoms with Crippen LogP contribution in [0.25, 0.3) is 0 Å². The smallest absolute Gasteiger partial charge is 0.147 e. The van der Waals surface area contributed by atoms with Crippen molar-refractivity contribution in [2.45, 2.75) is 32.3 Å². The van der Waals surface area contributed by atoms with E-state index < -0.39 is 0 Å². The highest BCUT2D eigenvalue weighted by Crippen LogP contribution is 2.19. The molecule has 3 heteroatoms. The highest BCUT2D eigenvalue weighted by atomic mass is 16.7. The van der Waals surface area contributed by atoms with Crippen molar-refractivity contribution in [3.8, 4) is 0 Å². The maximum absolute atomic E-state index is 5.63. The van der Waals surface area contributed by atoms with Gasteiger partial charge in [0, 0.05) is 13.2 Å². The van der Waals surface area contributed by atoms with Crippen LogP contribution in [0.1, 0.15) is 26.7 Å². The maximum Gasteiger partial charge on any atom is 0.147 e. The van der Waals surface area contributed by atoms with E-state index in [9.17, 15) is 0 Å². The highest BCUT2D eigenvalue weighted by molar-refractivity contribution is 4.81. The number of rotatable bonds is 4. The van der Waals surface area contributed by atoms with E-state index in [1.54, 1.807) is 0 Å². The minimum absolute atomic E-state index is 0.00653. The lowest BCUT2D eigenvalue weighted by molar-refractivity contribution is -0.139. The van der Waals surface area contributed by atoms with Crippen molar-refractivity contribution in [1.29, 1.82) is 0 Å². The lowest BCUT2D eigenvalue weighted by Crippen LogP contribution is -2.45. The summed E-state index contributed by atoms with van der Waals surface area (Å²) in [6.07, 6.45) is 2.33. The Bertz CT molecular complexity index is 122. The van der Waals surface area contributed by atoms with E-state index in [1.165, 1.54) is 6.42 Å². The fourth-order valence-corrected chi connectivity index (χ4v) is 1.42. The lowest BCUT2D eigenvalue weighted by Gasteiger charge is -2.33. The van der Waals surface area contributed by atoms with Gasteiger partial charge in [-0.05, 0) is 33.2 Å². The molecular formula is C9H19NO2. The number of nitrogens with one attached hydrogen (secondary N) is 1. The topological polar surface area (TPSA) is 30.5 Å². The van der Waals surface area contributed by atoms with Crippen molar-refractivity contribution in [2.24, 2.45) is 0 Å². The predicted octanol–water partition coefficient (Wildman–Crippen LogP) is 1.14. The van der Waals surface area contributed by atoms with Crippen molar-refractivity contribution < 1.29 is 9.47 Å². The molecule has 1 heterocycles. The molecule has 1 atom stereocenters. The van der Waals surface area contributed by atoms with Crippen LogP contribution in [0.5, 0.6) is 0 Å². The molecule has 1 aliphatic rings. The molecule has 1 rings (SSSR count). The predicted molar refractivity (Wildman–Crippen MR) is 48.1 cm³/mol. The van der Waals surface area contributed by atoms with Gasteiger partial charge in [0.05, 0.1) is 5.60 Å². The van der Waals surface area contributed by atoms with Crippen LogP contribution in [0.15, 0.2) is 0 Å². The molecule has 0 amide bonds. The van der Waals surface area contributed by atoms with Crippen LogP contribution >= 0.6 is 0 Å². The Balaban J connectivity index is 2.17. The molecule has 12 heavy (non-hydrogen) atoms. The van der Waals surface area contributed by atoms with Crippen molar-refractivity contribution >= 4 is 0 Å². The minimum Gasteiger partial charge on any atom is -0.356 e. The molecule has 72 valence electrons. The average Bonchev–Trinajstić information content (AvgIpc) is 2.06. The Hall–Kier alpha value is -0.120. The largest absolute Gasteiger partial charge is 0.356 e.